The molecule has 2 heterocycles. The zero-order chi connectivity index (χ0) is 18.6. The van der Waals surface area contributed by atoms with Gasteiger partial charge in [-0.05, 0) is 31.2 Å². The lowest BCUT2D eigenvalue weighted by Crippen LogP contribution is -2.34. The summed E-state index contributed by atoms with van der Waals surface area (Å²) in [5, 5.41) is 4.22. The minimum absolute atomic E-state index is 0.0842. The van der Waals surface area contributed by atoms with Crippen LogP contribution < -0.4 is 5.32 Å². The zero-order valence-electron chi connectivity index (χ0n) is 14.9. The molecule has 140 valence electrons. The number of hydrogen-bond donors (Lipinski definition) is 1. The predicted octanol–water partition coefficient (Wildman–Crippen LogP) is 4.30. The largest absolute Gasteiger partial charge is 0.451 e. The summed E-state index contributed by atoms with van der Waals surface area (Å²) >= 11 is 1.38. The summed E-state index contributed by atoms with van der Waals surface area (Å²) in [5.74, 6) is 0.521. The predicted molar refractivity (Wildman–Crippen MR) is 106 cm³/mol. The Kier molecular flexibility index (Phi) is 5.45. The van der Waals surface area contributed by atoms with E-state index in [4.69, 9.17) is 4.42 Å². The van der Waals surface area contributed by atoms with Crippen molar-refractivity contribution in [2.45, 2.75) is 17.1 Å². The first kappa shape index (κ1) is 18.1. The maximum atomic E-state index is 14.0. The SMILES string of the molecule is O=C(c1oc2ccccc2c1CSc1ccccc1F)N1CCCNCC1. The molecule has 3 aromatic rings. The third-order valence-corrected chi connectivity index (χ3v) is 5.80. The highest BCUT2D eigenvalue weighted by Gasteiger charge is 2.25. The van der Waals surface area contributed by atoms with Crippen molar-refractivity contribution < 1.29 is 13.6 Å². The topological polar surface area (TPSA) is 45.5 Å². The fourth-order valence-electron chi connectivity index (χ4n) is 3.32. The fraction of sp³-hybridized carbons (Fsp3) is 0.286. The van der Waals surface area contributed by atoms with Gasteiger partial charge in [-0.2, -0.15) is 0 Å². The van der Waals surface area contributed by atoms with Crippen LogP contribution >= 0.6 is 11.8 Å². The third kappa shape index (κ3) is 3.87. The van der Waals surface area contributed by atoms with E-state index in [1.807, 2.05) is 35.2 Å². The zero-order valence-corrected chi connectivity index (χ0v) is 15.7. The minimum atomic E-state index is -0.248. The number of halogens is 1. The van der Waals surface area contributed by atoms with E-state index < -0.39 is 0 Å². The molecule has 0 unspecified atom stereocenters. The second kappa shape index (κ2) is 8.15. The number of nitrogens with one attached hydrogen (secondary N) is 1. The molecule has 1 saturated heterocycles. The second-order valence-corrected chi connectivity index (χ2v) is 7.54. The molecular formula is C21H21FN2O2S. The molecule has 1 aliphatic heterocycles. The van der Waals surface area contributed by atoms with Gasteiger partial charge in [0.2, 0.25) is 0 Å². The Hall–Kier alpha value is -2.31. The first-order chi connectivity index (χ1) is 13.2. The molecule has 0 spiro atoms. The van der Waals surface area contributed by atoms with E-state index in [0.29, 0.717) is 35.1 Å². The molecule has 2 aromatic carbocycles. The standard InChI is InChI=1S/C21H21FN2O2S/c22-17-7-2-4-9-19(17)27-14-16-15-6-1-3-8-18(15)26-20(16)21(25)24-12-5-10-23-11-13-24/h1-4,6-9,23H,5,10-14H2. The van der Waals surface area contributed by atoms with Gasteiger partial charge < -0.3 is 14.6 Å². The molecule has 1 fully saturated rings. The summed E-state index contributed by atoms with van der Waals surface area (Å²) in [6.07, 6.45) is 0.922. The van der Waals surface area contributed by atoms with Crippen molar-refractivity contribution in [3.63, 3.8) is 0 Å². The van der Waals surface area contributed by atoms with Gasteiger partial charge in [0, 0.05) is 41.2 Å². The summed E-state index contributed by atoms with van der Waals surface area (Å²) < 4.78 is 20.0. The maximum absolute atomic E-state index is 14.0. The number of carbonyl (C=O) groups excluding carboxylic acids is 1. The van der Waals surface area contributed by atoms with Crippen molar-refractivity contribution in [2.75, 3.05) is 26.2 Å². The molecule has 0 saturated carbocycles. The number of thioether (sulfide) groups is 1. The van der Waals surface area contributed by atoms with Crippen LogP contribution in [0.4, 0.5) is 4.39 Å². The molecule has 0 radical (unpaired) electrons. The smallest absolute Gasteiger partial charge is 0.289 e. The molecule has 1 N–H and O–H groups in total. The molecule has 27 heavy (non-hydrogen) atoms. The molecule has 1 aliphatic rings. The van der Waals surface area contributed by atoms with Gasteiger partial charge in [-0.15, -0.1) is 11.8 Å². The van der Waals surface area contributed by atoms with Crippen molar-refractivity contribution in [1.29, 1.82) is 0 Å². The minimum Gasteiger partial charge on any atom is -0.451 e. The van der Waals surface area contributed by atoms with Crippen LogP contribution in [0.15, 0.2) is 57.8 Å². The quantitative estimate of drug-likeness (QED) is 0.681. The Balaban J connectivity index is 1.66. The number of benzene rings is 2. The highest BCUT2D eigenvalue weighted by atomic mass is 32.2. The van der Waals surface area contributed by atoms with Crippen LogP contribution in [0.5, 0.6) is 0 Å². The summed E-state index contributed by atoms with van der Waals surface area (Å²) in [6.45, 7) is 3.07. The lowest BCUT2D eigenvalue weighted by Gasteiger charge is -2.19. The van der Waals surface area contributed by atoms with E-state index in [1.165, 1.54) is 17.8 Å². The highest BCUT2D eigenvalue weighted by Crippen LogP contribution is 2.33. The molecule has 0 bridgehead atoms. The number of amides is 1. The van der Waals surface area contributed by atoms with Gasteiger partial charge in [0.05, 0.1) is 0 Å². The summed E-state index contributed by atoms with van der Waals surface area (Å²) in [6, 6.07) is 14.3. The normalized spacial score (nSPS) is 15.1. The number of fused-ring (bicyclic) bond motifs is 1. The summed E-state index contributed by atoms with van der Waals surface area (Å²) in [4.78, 5) is 15.6. The number of carbonyl (C=O) groups is 1. The summed E-state index contributed by atoms with van der Waals surface area (Å²) in [5.41, 5.74) is 1.53. The van der Waals surface area contributed by atoms with Gasteiger partial charge in [0.25, 0.3) is 5.91 Å². The van der Waals surface area contributed by atoms with Gasteiger partial charge >= 0.3 is 0 Å². The van der Waals surface area contributed by atoms with Crippen LogP contribution in [0.2, 0.25) is 0 Å². The molecule has 4 rings (SSSR count). The van der Waals surface area contributed by atoms with E-state index in [1.54, 1.807) is 12.1 Å². The number of furan rings is 1. The molecular weight excluding hydrogens is 363 g/mol. The maximum Gasteiger partial charge on any atom is 0.289 e. The Morgan fingerprint density at radius 2 is 1.93 bits per heavy atom. The van der Waals surface area contributed by atoms with Crippen LogP contribution in [-0.2, 0) is 5.75 Å². The van der Waals surface area contributed by atoms with E-state index in [2.05, 4.69) is 5.32 Å². The van der Waals surface area contributed by atoms with Gasteiger partial charge in [0.15, 0.2) is 5.76 Å². The van der Waals surface area contributed by atoms with Crippen LogP contribution in [0.1, 0.15) is 22.5 Å². The van der Waals surface area contributed by atoms with E-state index in [0.717, 1.165) is 30.5 Å². The van der Waals surface area contributed by atoms with Crippen LogP contribution in [0, 0.1) is 5.82 Å². The van der Waals surface area contributed by atoms with E-state index in [9.17, 15) is 9.18 Å². The average Bonchev–Trinajstić information content (AvgIpc) is 2.86. The molecule has 1 amide bonds. The lowest BCUT2D eigenvalue weighted by atomic mass is 10.1. The number of rotatable bonds is 4. The van der Waals surface area contributed by atoms with Crippen LogP contribution in [0.3, 0.4) is 0 Å². The second-order valence-electron chi connectivity index (χ2n) is 6.52. The van der Waals surface area contributed by atoms with Crippen molar-refractivity contribution in [3.8, 4) is 0 Å². The van der Waals surface area contributed by atoms with Crippen LogP contribution in [-0.4, -0.2) is 37.0 Å². The lowest BCUT2D eigenvalue weighted by molar-refractivity contribution is 0.0735. The number of nitrogens with zero attached hydrogens (tertiary/aromatic N) is 1. The average molecular weight is 384 g/mol. The van der Waals surface area contributed by atoms with Gasteiger partial charge in [-0.3, -0.25) is 4.79 Å². The van der Waals surface area contributed by atoms with Crippen molar-refractivity contribution in [3.05, 3.63) is 65.7 Å². The van der Waals surface area contributed by atoms with Crippen molar-refractivity contribution >= 4 is 28.6 Å². The van der Waals surface area contributed by atoms with Gasteiger partial charge in [-0.1, -0.05) is 30.3 Å². The Morgan fingerprint density at radius 3 is 2.81 bits per heavy atom. The first-order valence-corrected chi connectivity index (χ1v) is 10.1. The molecule has 0 atom stereocenters. The number of hydrogen-bond acceptors (Lipinski definition) is 4. The Morgan fingerprint density at radius 1 is 1.11 bits per heavy atom. The van der Waals surface area contributed by atoms with E-state index in [-0.39, 0.29) is 11.7 Å². The highest BCUT2D eigenvalue weighted by molar-refractivity contribution is 7.98. The Labute approximate surface area is 161 Å². The third-order valence-electron chi connectivity index (χ3n) is 4.73. The first-order valence-electron chi connectivity index (χ1n) is 9.12. The van der Waals surface area contributed by atoms with Gasteiger partial charge in [-0.25, -0.2) is 4.39 Å². The van der Waals surface area contributed by atoms with Gasteiger partial charge in [0.1, 0.15) is 11.4 Å². The van der Waals surface area contributed by atoms with Crippen molar-refractivity contribution in [1.82, 2.24) is 10.2 Å². The monoisotopic (exact) mass is 384 g/mol. The molecule has 1 aromatic heterocycles. The number of para-hydroxylation sites is 1. The van der Waals surface area contributed by atoms with Crippen LogP contribution in [0.25, 0.3) is 11.0 Å². The molecule has 0 aliphatic carbocycles. The fourth-order valence-corrected chi connectivity index (χ4v) is 4.29. The van der Waals surface area contributed by atoms with Crippen molar-refractivity contribution in [2.24, 2.45) is 0 Å². The molecule has 6 heteroatoms. The molecule has 4 nitrogen and oxygen atoms in total. The summed E-state index contributed by atoms with van der Waals surface area (Å²) in [7, 11) is 0. The van der Waals surface area contributed by atoms with E-state index >= 15 is 0 Å². The Bertz CT molecular complexity index is 948.